The maximum Gasteiger partial charge on any atom is 0.255 e. The summed E-state index contributed by atoms with van der Waals surface area (Å²) in [5.41, 5.74) is 3.58. The zero-order valence-corrected chi connectivity index (χ0v) is 22.3. The van der Waals surface area contributed by atoms with Crippen molar-refractivity contribution >= 4 is 41.3 Å². The highest BCUT2D eigenvalue weighted by Gasteiger charge is 2.19. The van der Waals surface area contributed by atoms with E-state index in [9.17, 15) is 14.7 Å². The van der Waals surface area contributed by atoms with Gasteiger partial charge in [0.1, 0.15) is 11.4 Å². The van der Waals surface area contributed by atoms with E-state index in [-0.39, 0.29) is 35.7 Å². The minimum Gasteiger partial charge on any atom is -0.506 e. The molecule has 8 heteroatoms. The van der Waals surface area contributed by atoms with Gasteiger partial charge in [0.05, 0.1) is 5.69 Å². The van der Waals surface area contributed by atoms with Crippen LogP contribution < -0.4 is 15.5 Å². The Kier molecular flexibility index (Phi) is 9.55. The molecule has 0 radical (unpaired) electrons. The van der Waals surface area contributed by atoms with Crippen molar-refractivity contribution in [3.63, 3.8) is 0 Å². The monoisotopic (exact) mass is 522 g/mol. The summed E-state index contributed by atoms with van der Waals surface area (Å²) < 4.78 is 0. The van der Waals surface area contributed by atoms with E-state index < -0.39 is 0 Å². The van der Waals surface area contributed by atoms with Crippen LogP contribution in [0.15, 0.2) is 66.7 Å². The highest BCUT2D eigenvalue weighted by Crippen LogP contribution is 2.32. The lowest BCUT2D eigenvalue weighted by Crippen LogP contribution is -2.35. The van der Waals surface area contributed by atoms with Crippen LogP contribution in [-0.2, 0) is 0 Å². The minimum atomic E-state index is -0.365. The van der Waals surface area contributed by atoms with Gasteiger partial charge in [-0.25, -0.2) is 0 Å². The van der Waals surface area contributed by atoms with E-state index in [1.165, 1.54) is 6.07 Å². The highest BCUT2D eigenvalue weighted by molar-refractivity contribution is 6.11. The first kappa shape index (κ1) is 28.0. The van der Waals surface area contributed by atoms with Gasteiger partial charge in [0.15, 0.2) is 0 Å². The summed E-state index contributed by atoms with van der Waals surface area (Å²) in [5.74, 6) is -0.814. The van der Waals surface area contributed by atoms with Crippen LogP contribution in [0.5, 0.6) is 5.75 Å². The van der Waals surface area contributed by atoms with E-state index in [0.717, 1.165) is 43.9 Å². The molecule has 0 spiro atoms. The molecule has 0 aromatic heterocycles. The standard InChI is InChI=1S/C29H34N4O3.ClH/c1-20(2)32-16-5-17-33(19-18-32)24-14-12-23(13-15-24)29(36)31-27-25(6-4-7-26(27)34)30-28(35)22-10-8-21(3)9-11-22;/h4,6-15,20,34H,5,16-19H2,1-3H3,(H,30,35)(H,31,36);1H. The lowest BCUT2D eigenvalue weighted by molar-refractivity contribution is 0.101. The average Bonchev–Trinajstić information content (AvgIpc) is 3.13. The Hall–Kier alpha value is -3.55. The van der Waals surface area contributed by atoms with Crippen molar-refractivity contribution in [2.75, 3.05) is 41.7 Å². The van der Waals surface area contributed by atoms with Crippen LogP contribution in [0.25, 0.3) is 0 Å². The molecule has 37 heavy (non-hydrogen) atoms. The number of hydrogen-bond acceptors (Lipinski definition) is 5. The Morgan fingerprint density at radius 3 is 2.08 bits per heavy atom. The fraction of sp³-hybridized carbons (Fsp3) is 0.310. The molecule has 0 saturated carbocycles. The van der Waals surface area contributed by atoms with Crippen molar-refractivity contribution in [2.24, 2.45) is 0 Å². The number of aryl methyl sites for hydroxylation is 1. The van der Waals surface area contributed by atoms with Gasteiger partial charge in [-0.3, -0.25) is 14.5 Å². The number of benzene rings is 3. The molecule has 3 N–H and O–H groups in total. The second kappa shape index (κ2) is 12.6. The van der Waals surface area contributed by atoms with Crippen molar-refractivity contribution in [1.82, 2.24) is 4.90 Å². The third kappa shape index (κ3) is 7.02. The lowest BCUT2D eigenvalue weighted by atomic mass is 10.1. The van der Waals surface area contributed by atoms with Crippen LogP contribution in [-0.4, -0.2) is 54.0 Å². The summed E-state index contributed by atoms with van der Waals surface area (Å²) in [4.78, 5) is 30.6. The van der Waals surface area contributed by atoms with Gasteiger partial charge in [-0.1, -0.05) is 23.8 Å². The van der Waals surface area contributed by atoms with Gasteiger partial charge >= 0.3 is 0 Å². The number of hydrogen-bond donors (Lipinski definition) is 3. The molecule has 3 aromatic rings. The molecule has 7 nitrogen and oxygen atoms in total. The van der Waals surface area contributed by atoms with Crippen molar-refractivity contribution < 1.29 is 14.7 Å². The normalized spacial score (nSPS) is 14.0. The fourth-order valence-electron chi connectivity index (χ4n) is 4.40. The minimum absolute atomic E-state index is 0. The lowest BCUT2D eigenvalue weighted by Gasteiger charge is -2.25. The largest absolute Gasteiger partial charge is 0.506 e. The molecule has 1 saturated heterocycles. The number of carbonyl (C=O) groups is 2. The quantitative estimate of drug-likeness (QED) is 0.370. The molecule has 0 unspecified atom stereocenters. The number of carbonyl (C=O) groups excluding carboxylic acids is 2. The first-order chi connectivity index (χ1) is 17.3. The Bertz CT molecular complexity index is 1210. The number of amides is 2. The molecule has 1 aliphatic heterocycles. The molecular weight excluding hydrogens is 488 g/mol. The summed E-state index contributed by atoms with van der Waals surface area (Å²) in [7, 11) is 0. The van der Waals surface area contributed by atoms with Crippen molar-refractivity contribution in [1.29, 1.82) is 0 Å². The number of phenols is 1. The molecule has 0 atom stereocenters. The summed E-state index contributed by atoms with van der Waals surface area (Å²) in [5, 5.41) is 16.0. The third-order valence-corrected chi connectivity index (χ3v) is 6.60. The summed E-state index contributed by atoms with van der Waals surface area (Å²) in [6.45, 7) is 10.5. The molecule has 0 aliphatic carbocycles. The van der Waals surface area contributed by atoms with E-state index in [2.05, 4.69) is 34.3 Å². The second-order valence-electron chi connectivity index (χ2n) is 9.49. The van der Waals surface area contributed by atoms with Crippen molar-refractivity contribution in [2.45, 2.75) is 33.2 Å². The summed E-state index contributed by atoms with van der Waals surface area (Å²) in [6.07, 6.45) is 1.10. The maximum absolute atomic E-state index is 13.0. The first-order valence-corrected chi connectivity index (χ1v) is 12.4. The zero-order valence-electron chi connectivity index (χ0n) is 21.5. The van der Waals surface area contributed by atoms with Gasteiger partial charge in [0.25, 0.3) is 11.8 Å². The summed E-state index contributed by atoms with van der Waals surface area (Å²) >= 11 is 0. The van der Waals surface area contributed by atoms with Crippen LogP contribution >= 0.6 is 12.4 Å². The fourth-order valence-corrected chi connectivity index (χ4v) is 4.40. The predicted molar refractivity (Wildman–Crippen MR) is 152 cm³/mol. The SMILES string of the molecule is Cc1ccc(C(=O)Nc2cccc(O)c2NC(=O)c2ccc(N3CCCN(C(C)C)CC3)cc2)cc1.Cl. The van der Waals surface area contributed by atoms with Crippen molar-refractivity contribution in [3.8, 4) is 5.75 Å². The van der Waals surface area contributed by atoms with E-state index in [1.54, 1.807) is 36.4 Å². The Morgan fingerprint density at radius 1 is 0.811 bits per heavy atom. The smallest absolute Gasteiger partial charge is 0.255 e. The van der Waals surface area contributed by atoms with Crippen molar-refractivity contribution in [3.05, 3.63) is 83.4 Å². The van der Waals surface area contributed by atoms with Gasteiger partial charge in [0.2, 0.25) is 0 Å². The summed E-state index contributed by atoms with van der Waals surface area (Å²) in [6, 6.07) is 20.0. The molecule has 0 bridgehead atoms. The number of phenolic OH excluding ortho intramolecular Hbond substituents is 1. The Labute approximate surface area is 224 Å². The molecular formula is C29H35ClN4O3. The number of anilines is 3. The van der Waals surface area contributed by atoms with Gasteiger partial charge in [-0.2, -0.15) is 0 Å². The highest BCUT2D eigenvalue weighted by atomic mass is 35.5. The van der Waals surface area contributed by atoms with Gasteiger partial charge in [-0.05, 0) is 75.7 Å². The van der Waals surface area contributed by atoms with Gasteiger partial charge in [-0.15, -0.1) is 12.4 Å². The van der Waals surface area contributed by atoms with Crippen LogP contribution in [0.4, 0.5) is 17.1 Å². The Morgan fingerprint density at radius 2 is 1.43 bits per heavy atom. The molecule has 2 amide bonds. The number of nitrogens with one attached hydrogen (secondary N) is 2. The van der Waals surface area contributed by atoms with Crippen LogP contribution in [0.2, 0.25) is 0 Å². The molecule has 3 aromatic carbocycles. The van der Waals surface area contributed by atoms with Crippen LogP contribution in [0.1, 0.15) is 46.5 Å². The molecule has 1 aliphatic rings. The first-order valence-electron chi connectivity index (χ1n) is 12.4. The van der Waals surface area contributed by atoms with E-state index in [4.69, 9.17) is 0 Å². The van der Waals surface area contributed by atoms with Gasteiger partial charge in [0, 0.05) is 49.0 Å². The number of halogens is 1. The zero-order chi connectivity index (χ0) is 25.7. The Balaban J connectivity index is 0.00000380. The predicted octanol–water partition coefficient (Wildman–Crippen LogP) is 5.55. The van der Waals surface area contributed by atoms with E-state index in [1.807, 2.05) is 31.2 Å². The molecule has 4 rings (SSSR count). The topological polar surface area (TPSA) is 84.9 Å². The third-order valence-electron chi connectivity index (χ3n) is 6.60. The number of nitrogens with zero attached hydrogens (tertiary/aromatic N) is 2. The average molecular weight is 523 g/mol. The number of rotatable bonds is 6. The van der Waals surface area contributed by atoms with Crippen LogP contribution in [0, 0.1) is 6.92 Å². The molecule has 1 heterocycles. The van der Waals surface area contributed by atoms with Gasteiger partial charge < -0.3 is 20.6 Å². The number of aromatic hydroxyl groups is 1. The van der Waals surface area contributed by atoms with E-state index in [0.29, 0.717) is 22.9 Å². The number of para-hydroxylation sites is 1. The molecule has 1 fully saturated rings. The van der Waals surface area contributed by atoms with Crippen LogP contribution in [0.3, 0.4) is 0 Å². The maximum atomic E-state index is 13.0. The molecule has 196 valence electrons. The van der Waals surface area contributed by atoms with E-state index >= 15 is 0 Å². The second-order valence-corrected chi connectivity index (χ2v) is 9.49.